The molecule has 0 radical (unpaired) electrons. The zero-order valence-electron chi connectivity index (χ0n) is 10.9. The second kappa shape index (κ2) is 4.26. The summed E-state index contributed by atoms with van der Waals surface area (Å²) in [5.74, 6) is 2.59. The number of rotatable bonds is 3. The molecule has 2 atom stereocenters. The van der Waals surface area contributed by atoms with Crippen molar-refractivity contribution < 1.29 is 9.52 Å². The summed E-state index contributed by atoms with van der Waals surface area (Å²) >= 11 is 0. The fourth-order valence-electron chi connectivity index (χ4n) is 2.32. The van der Waals surface area contributed by atoms with Crippen LogP contribution >= 0.6 is 0 Å². The second-order valence-corrected chi connectivity index (χ2v) is 5.09. The minimum Gasteiger partial charge on any atom is -0.493 e. The van der Waals surface area contributed by atoms with Crippen LogP contribution in [0.4, 0.5) is 0 Å². The summed E-state index contributed by atoms with van der Waals surface area (Å²) in [6.45, 7) is 3.97. The molecule has 2 unspecified atom stereocenters. The summed E-state index contributed by atoms with van der Waals surface area (Å²) in [6.07, 6.45) is 1.58. The molecule has 1 fully saturated rings. The molecule has 2 N–H and O–H groups in total. The first-order valence-electron chi connectivity index (χ1n) is 6.52. The van der Waals surface area contributed by atoms with Crippen molar-refractivity contribution in [2.24, 2.45) is 5.92 Å². The van der Waals surface area contributed by atoms with E-state index in [1.54, 1.807) is 13.0 Å². The molecule has 2 aromatic rings. The minimum absolute atomic E-state index is 0.223. The maximum atomic E-state index is 11.8. The second-order valence-electron chi connectivity index (χ2n) is 5.09. The van der Waals surface area contributed by atoms with Gasteiger partial charge in [-0.05, 0) is 30.9 Å². The first-order chi connectivity index (χ1) is 9.10. The number of H-pyrrole nitrogens is 1. The zero-order chi connectivity index (χ0) is 13.6. The Morgan fingerprint density at radius 2 is 2.26 bits per heavy atom. The molecule has 2 heterocycles. The maximum Gasteiger partial charge on any atom is 0.258 e. The van der Waals surface area contributed by atoms with E-state index in [0.29, 0.717) is 29.6 Å². The molecule has 1 aliphatic rings. The van der Waals surface area contributed by atoms with Gasteiger partial charge in [-0.15, -0.1) is 0 Å². The lowest BCUT2D eigenvalue weighted by Crippen LogP contribution is -2.14. The quantitative estimate of drug-likeness (QED) is 0.888. The van der Waals surface area contributed by atoms with Crippen molar-refractivity contribution in [2.75, 3.05) is 0 Å². The molecular weight excluding hydrogens is 244 g/mol. The standard InChI is InChI=1S/C14H16N2O3/c1-3-8-13(17)15-12(16-14(8)18)11-5-4-10(19-11)9-6-7(9)2/h4-5,7,9H,3,6H2,1-2H3,(H2,15,16,17,18). The number of hydrogen-bond donors (Lipinski definition) is 2. The summed E-state index contributed by atoms with van der Waals surface area (Å²) < 4.78 is 5.70. The van der Waals surface area contributed by atoms with Gasteiger partial charge in [-0.2, -0.15) is 4.98 Å². The van der Waals surface area contributed by atoms with E-state index >= 15 is 0 Å². The third-order valence-electron chi connectivity index (χ3n) is 3.68. The lowest BCUT2D eigenvalue weighted by atomic mass is 10.2. The third-order valence-corrected chi connectivity index (χ3v) is 3.68. The van der Waals surface area contributed by atoms with Gasteiger partial charge in [-0.1, -0.05) is 13.8 Å². The van der Waals surface area contributed by atoms with Crippen LogP contribution in [0, 0.1) is 5.92 Å². The Bertz CT molecular complexity index is 672. The molecule has 3 rings (SSSR count). The van der Waals surface area contributed by atoms with Gasteiger partial charge in [0.25, 0.3) is 5.56 Å². The highest BCUT2D eigenvalue weighted by Crippen LogP contribution is 2.47. The summed E-state index contributed by atoms with van der Waals surface area (Å²) in [5, 5.41) is 9.73. The van der Waals surface area contributed by atoms with Crippen molar-refractivity contribution in [2.45, 2.75) is 32.6 Å². The molecule has 2 aromatic heterocycles. The SMILES string of the molecule is CCc1c(O)nc(-c2ccc(C3CC3C)o2)[nH]c1=O. The lowest BCUT2D eigenvalue weighted by Gasteiger charge is -2.02. The Kier molecular flexibility index (Phi) is 2.69. The van der Waals surface area contributed by atoms with Crippen molar-refractivity contribution in [1.29, 1.82) is 0 Å². The van der Waals surface area contributed by atoms with Gasteiger partial charge in [0.05, 0.1) is 5.56 Å². The van der Waals surface area contributed by atoms with Crippen LogP contribution in [0.2, 0.25) is 0 Å². The van der Waals surface area contributed by atoms with Crippen LogP contribution in [0.1, 0.15) is 37.5 Å². The molecule has 5 heteroatoms. The average molecular weight is 260 g/mol. The summed E-state index contributed by atoms with van der Waals surface area (Å²) in [7, 11) is 0. The highest BCUT2D eigenvalue weighted by Gasteiger charge is 2.36. The predicted octanol–water partition coefficient (Wildman–Crippen LogP) is 2.42. The number of nitrogens with zero attached hydrogens (tertiary/aromatic N) is 1. The van der Waals surface area contributed by atoms with Crippen molar-refractivity contribution in [3.63, 3.8) is 0 Å². The Morgan fingerprint density at radius 1 is 1.53 bits per heavy atom. The van der Waals surface area contributed by atoms with Gasteiger partial charge in [0.2, 0.25) is 5.88 Å². The van der Waals surface area contributed by atoms with Crippen molar-refractivity contribution in [3.8, 4) is 17.5 Å². The molecule has 5 nitrogen and oxygen atoms in total. The van der Waals surface area contributed by atoms with E-state index in [1.165, 1.54) is 0 Å². The molecule has 0 amide bonds. The molecule has 0 aliphatic heterocycles. The predicted molar refractivity (Wildman–Crippen MR) is 70.1 cm³/mol. The number of hydrogen-bond acceptors (Lipinski definition) is 4. The van der Waals surface area contributed by atoms with Crippen LogP contribution in [-0.2, 0) is 6.42 Å². The highest BCUT2D eigenvalue weighted by atomic mass is 16.3. The summed E-state index contributed by atoms with van der Waals surface area (Å²) in [4.78, 5) is 18.4. The van der Waals surface area contributed by atoms with Gasteiger partial charge < -0.3 is 14.5 Å². The Hall–Kier alpha value is -2.04. The fraction of sp³-hybridized carbons (Fsp3) is 0.429. The average Bonchev–Trinajstić information content (AvgIpc) is 2.91. The van der Waals surface area contributed by atoms with Crippen LogP contribution < -0.4 is 5.56 Å². The molecule has 100 valence electrons. The molecule has 1 saturated carbocycles. The Morgan fingerprint density at radius 3 is 2.84 bits per heavy atom. The smallest absolute Gasteiger partial charge is 0.258 e. The largest absolute Gasteiger partial charge is 0.493 e. The number of aromatic nitrogens is 2. The van der Waals surface area contributed by atoms with E-state index in [2.05, 4.69) is 16.9 Å². The van der Waals surface area contributed by atoms with Gasteiger partial charge in [0, 0.05) is 5.92 Å². The van der Waals surface area contributed by atoms with E-state index < -0.39 is 0 Å². The van der Waals surface area contributed by atoms with Crippen LogP contribution in [0.3, 0.4) is 0 Å². The van der Waals surface area contributed by atoms with Crippen molar-refractivity contribution in [3.05, 3.63) is 33.8 Å². The van der Waals surface area contributed by atoms with E-state index in [9.17, 15) is 9.90 Å². The van der Waals surface area contributed by atoms with E-state index in [-0.39, 0.29) is 17.3 Å². The van der Waals surface area contributed by atoms with Crippen LogP contribution in [0.5, 0.6) is 5.88 Å². The van der Waals surface area contributed by atoms with Gasteiger partial charge in [0.15, 0.2) is 11.6 Å². The van der Waals surface area contributed by atoms with Gasteiger partial charge >= 0.3 is 0 Å². The van der Waals surface area contributed by atoms with Gasteiger partial charge in [-0.25, -0.2) is 0 Å². The minimum atomic E-state index is -0.317. The molecule has 1 aliphatic carbocycles. The first-order valence-corrected chi connectivity index (χ1v) is 6.52. The fourth-order valence-corrected chi connectivity index (χ4v) is 2.32. The van der Waals surface area contributed by atoms with Gasteiger partial charge in [-0.3, -0.25) is 4.79 Å². The Balaban J connectivity index is 1.98. The van der Waals surface area contributed by atoms with Crippen LogP contribution in [-0.4, -0.2) is 15.1 Å². The molecular formula is C14H16N2O3. The van der Waals surface area contributed by atoms with Crippen molar-refractivity contribution >= 4 is 0 Å². The molecule has 0 bridgehead atoms. The zero-order valence-corrected chi connectivity index (χ0v) is 10.9. The number of aromatic amines is 1. The van der Waals surface area contributed by atoms with E-state index in [0.717, 1.165) is 12.2 Å². The van der Waals surface area contributed by atoms with Crippen LogP contribution in [0.15, 0.2) is 21.3 Å². The lowest BCUT2D eigenvalue weighted by molar-refractivity contribution is 0.442. The normalized spacial score (nSPS) is 21.6. The maximum absolute atomic E-state index is 11.8. The first kappa shape index (κ1) is 12.0. The Labute approximate surface area is 110 Å². The highest BCUT2D eigenvalue weighted by molar-refractivity contribution is 5.49. The van der Waals surface area contributed by atoms with Crippen molar-refractivity contribution in [1.82, 2.24) is 9.97 Å². The summed E-state index contributed by atoms with van der Waals surface area (Å²) in [6, 6.07) is 3.69. The monoisotopic (exact) mass is 260 g/mol. The molecule has 0 saturated heterocycles. The van der Waals surface area contributed by atoms with E-state index in [4.69, 9.17) is 4.42 Å². The third kappa shape index (κ3) is 2.05. The van der Waals surface area contributed by atoms with Gasteiger partial charge in [0.1, 0.15) is 5.76 Å². The number of aromatic hydroxyl groups is 1. The number of furan rings is 1. The number of nitrogens with one attached hydrogen (secondary N) is 1. The molecule has 0 aromatic carbocycles. The summed E-state index contributed by atoms with van der Waals surface area (Å²) in [5.41, 5.74) is -0.0194. The molecule has 19 heavy (non-hydrogen) atoms. The van der Waals surface area contributed by atoms with E-state index in [1.807, 2.05) is 6.07 Å². The topological polar surface area (TPSA) is 79.1 Å². The van der Waals surface area contributed by atoms with Crippen LogP contribution in [0.25, 0.3) is 11.6 Å². The molecule has 0 spiro atoms.